The number of aromatic hydroxyl groups is 1. The predicted molar refractivity (Wildman–Crippen MR) is 39.3 cm³/mol. The predicted octanol–water partition coefficient (Wildman–Crippen LogP) is 0.636. The third-order valence-electron chi connectivity index (χ3n) is 1.82. The molecule has 3 nitrogen and oxygen atoms in total. The molecule has 0 radical (unpaired) electrons. The Morgan fingerprint density at radius 2 is 2.27 bits per heavy atom. The van der Waals surface area contributed by atoms with Crippen LogP contribution in [0.3, 0.4) is 0 Å². The molecule has 0 unspecified atom stereocenters. The van der Waals surface area contributed by atoms with Crippen molar-refractivity contribution in [3.05, 3.63) is 29.3 Å². The van der Waals surface area contributed by atoms with E-state index < -0.39 is 0 Å². The first kappa shape index (κ1) is 6.22. The molecule has 1 aromatic carbocycles. The van der Waals surface area contributed by atoms with Gasteiger partial charge in [-0.05, 0) is 12.1 Å². The first-order valence-corrected chi connectivity index (χ1v) is 3.38. The van der Waals surface area contributed by atoms with E-state index in [0.717, 1.165) is 0 Å². The maximum atomic E-state index is 11.0. The SMILES string of the molecule is O=C1NCc2c(O)cccc21. The molecular weight excluding hydrogens is 142 g/mol. The molecule has 0 atom stereocenters. The smallest absolute Gasteiger partial charge is 0.252 e. The summed E-state index contributed by atoms with van der Waals surface area (Å²) in [7, 11) is 0. The Labute approximate surface area is 63.7 Å². The lowest BCUT2D eigenvalue weighted by Crippen LogP contribution is -2.12. The lowest BCUT2D eigenvalue weighted by molar-refractivity contribution is 0.0966. The van der Waals surface area contributed by atoms with E-state index in [2.05, 4.69) is 5.32 Å². The highest BCUT2D eigenvalue weighted by Gasteiger charge is 2.20. The molecule has 1 aliphatic rings. The number of carbonyl (C=O) groups is 1. The average molecular weight is 149 g/mol. The minimum absolute atomic E-state index is 0.101. The number of benzene rings is 1. The van der Waals surface area contributed by atoms with Gasteiger partial charge in [-0.2, -0.15) is 0 Å². The lowest BCUT2D eigenvalue weighted by atomic mass is 10.1. The summed E-state index contributed by atoms with van der Waals surface area (Å²) in [6.45, 7) is 0.445. The van der Waals surface area contributed by atoms with Crippen LogP contribution < -0.4 is 5.32 Å². The second kappa shape index (κ2) is 1.99. The molecule has 2 rings (SSSR count). The van der Waals surface area contributed by atoms with Crippen LogP contribution >= 0.6 is 0 Å². The largest absolute Gasteiger partial charge is 0.508 e. The van der Waals surface area contributed by atoms with Crippen molar-refractivity contribution in [2.45, 2.75) is 6.54 Å². The van der Waals surface area contributed by atoms with E-state index in [0.29, 0.717) is 17.7 Å². The molecule has 0 aromatic heterocycles. The van der Waals surface area contributed by atoms with Gasteiger partial charge in [-0.25, -0.2) is 0 Å². The Bertz CT molecular complexity index is 320. The van der Waals surface area contributed by atoms with Crippen LogP contribution in [0.2, 0.25) is 0 Å². The van der Waals surface area contributed by atoms with E-state index in [4.69, 9.17) is 0 Å². The Balaban J connectivity index is 2.66. The maximum Gasteiger partial charge on any atom is 0.252 e. The molecule has 1 amide bonds. The molecule has 0 saturated heterocycles. The lowest BCUT2D eigenvalue weighted by Gasteiger charge is -1.96. The quantitative estimate of drug-likeness (QED) is 0.568. The zero-order chi connectivity index (χ0) is 7.84. The van der Waals surface area contributed by atoms with E-state index in [-0.39, 0.29) is 11.7 Å². The minimum Gasteiger partial charge on any atom is -0.508 e. The van der Waals surface area contributed by atoms with Crippen LogP contribution in [0.5, 0.6) is 5.75 Å². The zero-order valence-corrected chi connectivity index (χ0v) is 5.79. The molecule has 1 heterocycles. The molecule has 0 bridgehead atoms. The van der Waals surface area contributed by atoms with Crippen molar-refractivity contribution in [2.75, 3.05) is 0 Å². The zero-order valence-electron chi connectivity index (χ0n) is 5.79. The second-order valence-electron chi connectivity index (χ2n) is 2.49. The first-order valence-electron chi connectivity index (χ1n) is 3.38. The fourth-order valence-corrected chi connectivity index (χ4v) is 1.24. The van der Waals surface area contributed by atoms with Gasteiger partial charge in [0.05, 0.1) is 0 Å². The monoisotopic (exact) mass is 149 g/mol. The van der Waals surface area contributed by atoms with Crippen LogP contribution in [0.4, 0.5) is 0 Å². The van der Waals surface area contributed by atoms with Crippen LogP contribution in [-0.2, 0) is 6.54 Å². The summed E-state index contributed by atoms with van der Waals surface area (Å²) in [5.41, 5.74) is 1.29. The summed E-state index contributed by atoms with van der Waals surface area (Å²) in [4.78, 5) is 11.0. The standard InChI is InChI=1S/C8H7NO2/c10-7-3-1-2-5-6(7)4-9-8(5)11/h1-3,10H,4H2,(H,9,11). The van der Waals surface area contributed by atoms with Crippen LogP contribution in [0.25, 0.3) is 0 Å². The average Bonchev–Trinajstić information content (AvgIpc) is 2.35. The number of carbonyl (C=O) groups excluding carboxylic acids is 1. The Kier molecular flexibility index (Phi) is 1.12. The van der Waals surface area contributed by atoms with Crippen LogP contribution in [-0.4, -0.2) is 11.0 Å². The molecule has 1 aliphatic heterocycles. The number of hydrogen-bond acceptors (Lipinski definition) is 2. The number of fused-ring (bicyclic) bond motifs is 1. The number of nitrogens with one attached hydrogen (secondary N) is 1. The molecule has 3 heteroatoms. The van der Waals surface area contributed by atoms with Crippen molar-refractivity contribution in [2.24, 2.45) is 0 Å². The van der Waals surface area contributed by atoms with Crippen molar-refractivity contribution in [1.29, 1.82) is 0 Å². The van der Waals surface area contributed by atoms with Gasteiger partial charge in [-0.1, -0.05) is 6.07 Å². The van der Waals surface area contributed by atoms with Gasteiger partial charge in [0.25, 0.3) is 5.91 Å². The summed E-state index contributed by atoms with van der Waals surface area (Å²) >= 11 is 0. The van der Waals surface area contributed by atoms with Gasteiger partial charge in [-0.3, -0.25) is 4.79 Å². The van der Waals surface area contributed by atoms with Gasteiger partial charge in [0.2, 0.25) is 0 Å². The molecule has 11 heavy (non-hydrogen) atoms. The van der Waals surface area contributed by atoms with E-state index in [1.165, 1.54) is 0 Å². The highest BCUT2D eigenvalue weighted by molar-refractivity contribution is 5.98. The van der Waals surface area contributed by atoms with Gasteiger partial charge in [0.15, 0.2) is 0 Å². The van der Waals surface area contributed by atoms with E-state index in [1.54, 1.807) is 18.2 Å². The number of amides is 1. The summed E-state index contributed by atoms with van der Waals surface area (Å²) in [5, 5.41) is 11.9. The molecule has 0 aliphatic carbocycles. The number of rotatable bonds is 0. The second-order valence-corrected chi connectivity index (χ2v) is 2.49. The summed E-state index contributed by atoms with van der Waals surface area (Å²) in [6, 6.07) is 4.95. The summed E-state index contributed by atoms with van der Waals surface area (Å²) in [6.07, 6.45) is 0. The van der Waals surface area contributed by atoms with E-state index in [1.807, 2.05) is 0 Å². The molecule has 56 valence electrons. The summed E-state index contributed by atoms with van der Waals surface area (Å²) in [5.74, 6) is 0.0942. The fraction of sp³-hybridized carbons (Fsp3) is 0.125. The van der Waals surface area contributed by atoms with Crippen LogP contribution in [0.1, 0.15) is 15.9 Å². The van der Waals surface area contributed by atoms with Crippen molar-refractivity contribution >= 4 is 5.91 Å². The van der Waals surface area contributed by atoms with Gasteiger partial charge >= 0.3 is 0 Å². The van der Waals surface area contributed by atoms with Gasteiger partial charge < -0.3 is 10.4 Å². The highest BCUT2D eigenvalue weighted by atomic mass is 16.3. The summed E-state index contributed by atoms with van der Waals surface area (Å²) < 4.78 is 0. The van der Waals surface area contributed by atoms with E-state index >= 15 is 0 Å². The number of phenols is 1. The third-order valence-corrected chi connectivity index (χ3v) is 1.82. The molecule has 0 fully saturated rings. The highest BCUT2D eigenvalue weighted by Crippen LogP contribution is 2.24. The topological polar surface area (TPSA) is 49.3 Å². The van der Waals surface area contributed by atoms with Crippen LogP contribution in [0.15, 0.2) is 18.2 Å². The number of hydrogen-bond donors (Lipinski definition) is 2. The fourth-order valence-electron chi connectivity index (χ4n) is 1.24. The minimum atomic E-state index is -0.101. The van der Waals surface area contributed by atoms with Gasteiger partial charge in [0, 0.05) is 17.7 Å². The molecule has 2 N–H and O–H groups in total. The Hall–Kier alpha value is -1.51. The molecule has 0 spiro atoms. The molecule has 1 aromatic rings. The molecular formula is C8H7NO2. The first-order chi connectivity index (χ1) is 5.29. The van der Waals surface area contributed by atoms with E-state index in [9.17, 15) is 9.90 Å². The Morgan fingerprint density at radius 1 is 1.45 bits per heavy atom. The Morgan fingerprint density at radius 3 is 3.00 bits per heavy atom. The number of phenolic OH excluding ortho intramolecular Hbond substituents is 1. The normalized spacial score (nSPS) is 14.4. The van der Waals surface area contributed by atoms with Crippen LogP contribution in [0, 0.1) is 0 Å². The maximum absolute atomic E-state index is 11.0. The third kappa shape index (κ3) is 0.774. The molecule has 0 saturated carbocycles. The van der Waals surface area contributed by atoms with Crippen molar-refractivity contribution < 1.29 is 9.90 Å². The van der Waals surface area contributed by atoms with Crippen molar-refractivity contribution in [1.82, 2.24) is 5.32 Å². The van der Waals surface area contributed by atoms with Gasteiger partial charge in [-0.15, -0.1) is 0 Å². The van der Waals surface area contributed by atoms with Gasteiger partial charge in [0.1, 0.15) is 5.75 Å². The van der Waals surface area contributed by atoms with Crippen molar-refractivity contribution in [3.63, 3.8) is 0 Å². The van der Waals surface area contributed by atoms with Crippen molar-refractivity contribution in [3.8, 4) is 5.75 Å².